The highest BCUT2D eigenvalue weighted by Crippen LogP contribution is 2.44. The average Bonchev–Trinajstić information content (AvgIpc) is 3.62. The Hall–Kier alpha value is -5.54. The quantitative estimate of drug-likeness (QED) is 0.0716. The molecule has 272 valence electrons. The van der Waals surface area contributed by atoms with Crippen molar-refractivity contribution >= 4 is 27.7 Å². The molecule has 6 aromatic rings. The summed E-state index contributed by atoms with van der Waals surface area (Å²) in [6.07, 6.45) is 0.0472. The number of benzene rings is 6. The van der Waals surface area contributed by atoms with E-state index in [0.29, 0.717) is 31.2 Å². The molecule has 0 saturated heterocycles. The molecule has 0 fully saturated rings. The number of carbonyl (C=O) groups excluding carboxylic acids is 1. The molecule has 6 aromatic carbocycles. The monoisotopic (exact) mass is 779 g/mol. The van der Waals surface area contributed by atoms with Gasteiger partial charge in [-0.2, -0.15) is 0 Å². The van der Waals surface area contributed by atoms with Gasteiger partial charge in [0.1, 0.15) is 5.75 Å². The van der Waals surface area contributed by atoms with Gasteiger partial charge in [-0.1, -0.05) is 149 Å². The average molecular weight is 781 g/mol. The van der Waals surface area contributed by atoms with Crippen LogP contribution >= 0.6 is 15.9 Å². The number of nitrogens with one attached hydrogen (secondary N) is 2. The van der Waals surface area contributed by atoms with Gasteiger partial charge < -0.3 is 14.6 Å². The summed E-state index contributed by atoms with van der Waals surface area (Å²) < 4.78 is 13.5. The topological polar surface area (TPSA) is 92.2 Å². The summed E-state index contributed by atoms with van der Waals surface area (Å²) in [5, 5.41) is 9.17. The highest BCUT2D eigenvalue weighted by molar-refractivity contribution is 9.10. The van der Waals surface area contributed by atoms with Crippen LogP contribution in [0.1, 0.15) is 46.3 Å². The van der Waals surface area contributed by atoms with Crippen molar-refractivity contribution in [3.8, 4) is 16.9 Å². The van der Waals surface area contributed by atoms with Crippen molar-refractivity contribution in [2.24, 2.45) is 4.99 Å². The fraction of sp³-hybridized carbons (Fsp3) is 0.174. The number of aliphatic hydroxyl groups is 1. The lowest BCUT2D eigenvalue weighted by Gasteiger charge is -2.31. The number of amides is 1. The number of ether oxygens (including phenoxy) is 2. The van der Waals surface area contributed by atoms with E-state index < -0.39 is 11.6 Å². The van der Waals surface area contributed by atoms with E-state index in [-0.39, 0.29) is 24.9 Å². The molecule has 1 heterocycles. The molecule has 54 heavy (non-hydrogen) atoms. The summed E-state index contributed by atoms with van der Waals surface area (Å²) in [5.74, 6) is 0.716. The van der Waals surface area contributed by atoms with E-state index in [9.17, 15) is 9.90 Å². The lowest BCUT2D eigenvalue weighted by Crippen LogP contribution is -2.54. The fourth-order valence-electron chi connectivity index (χ4n) is 6.84. The normalized spacial score (nSPS) is 16.4. The van der Waals surface area contributed by atoms with Gasteiger partial charge in [-0.3, -0.25) is 10.2 Å². The number of carbonyl (C=O) groups is 1. The van der Waals surface area contributed by atoms with Gasteiger partial charge >= 0.3 is 0 Å². The summed E-state index contributed by atoms with van der Waals surface area (Å²) in [5.41, 5.74) is 11.9. The van der Waals surface area contributed by atoms with Crippen molar-refractivity contribution < 1.29 is 19.4 Å². The van der Waals surface area contributed by atoms with Gasteiger partial charge in [0.15, 0.2) is 11.6 Å². The molecule has 2 atom stereocenters. The van der Waals surface area contributed by atoms with Crippen LogP contribution in [0.5, 0.6) is 5.75 Å². The van der Waals surface area contributed by atoms with E-state index in [1.165, 1.54) is 0 Å². The fourth-order valence-corrected chi connectivity index (χ4v) is 7.26. The third-order valence-corrected chi connectivity index (χ3v) is 10.5. The van der Waals surface area contributed by atoms with Crippen LogP contribution in [0.15, 0.2) is 173 Å². The molecule has 0 radical (unpaired) electrons. The van der Waals surface area contributed by atoms with Crippen LogP contribution < -0.4 is 15.6 Å². The number of hydrogen-bond acceptors (Lipinski definition) is 6. The minimum absolute atomic E-state index is 0.00903. The van der Waals surface area contributed by atoms with Crippen molar-refractivity contribution in [3.63, 3.8) is 0 Å². The second-order valence-corrected chi connectivity index (χ2v) is 14.1. The van der Waals surface area contributed by atoms with E-state index in [2.05, 4.69) is 75.3 Å². The number of aliphatic imine (C=N–C) groups is 1. The zero-order valence-electron chi connectivity index (χ0n) is 29.8. The highest BCUT2D eigenvalue weighted by atomic mass is 79.9. The largest absolute Gasteiger partial charge is 0.494 e. The van der Waals surface area contributed by atoms with E-state index in [1.807, 2.05) is 115 Å². The maximum Gasteiger partial charge on any atom is 0.266 e. The first-order valence-corrected chi connectivity index (χ1v) is 19.0. The molecule has 0 saturated carbocycles. The van der Waals surface area contributed by atoms with Crippen LogP contribution in [-0.2, 0) is 16.0 Å². The molecule has 1 aliphatic rings. The van der Waals surface area contributed by atoms with E-state index in [1.54, 1.807) is 0 Å². The SMILES string of the molecule is O=C(NNCC(c1ccccc1)c1ccccc1)[C@@]1(Cc2ccccc2Br)N=C(c2ccc(OCCCO)cc2)O[C@H]1c1ccc(-c2ccccc2)cc1. The summed E-state index contributed by atoms with van der Waals surface area (Å²) in [4.78, 5) is 20.2. The summed E-state index contributed by atoms with van der Waals surface area (Å²) >= 11 is 3.74. The molecule has 7 rings (SSSR count). The number of hydrogen-bond donors (Lipinski definition) is 3. The van der Waals surface area contributed by atoms with E-state index in [4.69, 9.17) is 14.5 Å². The van der Waals surface area contributed by atoms with E-state index >= 15 is 0 Å². The Bertz CT molecular complexity index is 2110. The molecule has 1 aliphatic heterocycles. The third-order valence-electron chi connectivity index (χ3n) is 9.68. The van der Waals surface area contributed by atoms with Crippen molar-refractivity contribution in [2.45, 2.75) is 30.4 Å². The predicted octanol–water partition coefficient (Wildman–Crippen LogP) is 8.83. The van der Waals surface area contributed by atoms with Crippen LogP contribution in [0.2, 0.25) is 0 Å². The van der Waals surface area contributed by atoms with Gasteiger partial charge in [0.25, 0.3) is 5.91 Å². The third kappa shape index (κ3) is 8.47. The number of aliphatic hydroxyl groups excluding tert-OH is 1. The van der Waals surface area contributed by atoms with Crippen molar-refractivity contribution in [3.05, 3.63) is 196 Å². The minimum atomic E-state index is -1.40. The Balaban J connectivity index is 1.25. The van der Waals surface area contributed by atoms with Gasteiger partial charge in [0.2, 0.25) is 5.90 Å². The molecule has 3 N–H and O–H groups in total. The molecule has 7 nitrogen and oxygen atoms in total. The summed E-state index contributed by atoms with van der Waals surface area (Å²) in [7, 11) is 0. The van der Waals surface area contributed by atoms with Crippen LogP contribution in [0.25, 0.3) is 11.1 Å². The highest BCUT2D eigenvalue weighted by Gasteiger charge is 2.53. The Morgan fingerprint density at radius 1 is 0.741 bits per heavy atom. The maximum absolute atomic E-state index is 15.0. The summed E-state index contributed by atoms with van der Waals surface area (Å²) in [6.45, 7) is 0.925. The molecule has 0 bridgehead atoms. The molecule has 8 heteroatoms. The van der Waals surface area contributed by atoms with Crippen molar-refractivity contribution in [1.29, 1.82) is 0 Å². The first-order chi connectivity index (χ1) is 26.5. The van der Waals surface area contributed by atoms with Gasteiger partial charge in [0.05, 0.1) is 6.61 Å². The number of nitrogens with zero attached hydrogens (tertiary/aromatic N) is 1. The Morgan fingerprint density at radius 3 is 1.94 bits per heavy atom. The van der Waals surface area contributed by atoms with Crippen LogP contribution in [0.4, 0.5) is 0 Å². The number of hydrazine groups is 1. The molecular weight excluding hydrogens is 738 g/mol. The van der Waals surface area contributed by atoms with Gasteiger partial charge in [-0.15, -0.1) is 0 Å². The zero-order valence-corrected chi connectivity index (χ0v) is 31.4. The predicted molar refractivity (Wildman–Crippen MR) is 217 cm³/mol. The first kappa shape index (κ1) is 36.8. The lowest BCUT2D eigenvalue weighted by atomic mass is 9.82. The van der Waals surface area contributed by atoms with Crippen LogP contribution in [0, 0.1) is 0 Å². The molecule has 0 unspecified atom stereocenters. The van der Waals surface area contributed by atoms with Gasteiger partial charge in [0, 0.05) is 41.9 Å². The Kier molecular flexibility index (Phi) is 11.9. The second-order valence-electron chi connectivity index (χ2n) is 13.3. The molecular formula is C46H42BrN3O4. The standard InChI is InChI=1S/C46H42BrN3O4/c47-42-20-11-10-19-39(42)31-46(45(52)50-48-32-41(35-15-6-2-7-16-35)36-17-8-3-9-18-36)43(37-23-21-34(22-24-37)33-13-4-1-5-14-33)54-44(49-46)38-25-27-40(28-26-38)53-30-12-29-51/h1-11,13-28,41,43,48,51H,12,29-32H2,(H,50,52)/t43-,46-/m0/s1. The zero-order chi connectivity index (χ0) is 37.2. The lowest BCUT2D eigenvalue weighted by molar-refractivity contribution is -0.130. The second kappa shape index (κ2) is 17.5. The number of halogens is 1. The number of rotatable bonds is 15. The summed E-state index contributed by atoms with van der Waals surface area (Å²) in [6, 6.07) is 54.3. The Labute approximate surface area is 324 Å². The van der Waals surface area contributed by atoms with Crippen LogP contribution in [-0.4, -0.2) is 42.2 Å². The maximum atomic E-state index is 15.0. The molecule has 0 aliphatic carbocycles. The molecule has 1 amide bonds. The van der Waals surface area contributed by atoms with Gasteiger partial charge in [-0.05, 0) is 63.7 Å². The minimum Gasteiger partial charge on any atom is -0.494 e. The smallest absolute Gasteiger partial charge is 0.266 e. The van der Waals surface area contributed by atoms with Crippen molar-refractivity contribution in [1.82, 2.24) is 10.9 Å². The van der Waals surface area contributed by atoms with Crippen molar-refractivity contribution in [2.75, 3.05) is 19.8 Å². The molecule has 0 spiro atoms. The van der Waals surface area contributed by atoms with Crippen LogP contribution in [0.3, 0.4) is 0 Å². The van der Waals surface area contributed by atoms with E-state index in [0.717, 1.165) is 43.4 Å². The van der Waals surface area contributed by atoms with Gasteiger partial charge in [-0.25, -0.2) is 10.4 Å². The Morgan fingerprint density at radius 2 is 1.31 bits per heavy atom. The molecule has 0 aromatic heterocycles. The first-order valence-electron chi connectivity index (χ1n) is 18.2.